The highest BCUT2D eigenvalue weighted by atomic mass is 35.5. The molecule has 100 valence electrons. The number of rotatable bonds is 5. The number of hydrogen-bond acceptors (Lipinski definition) is 3. The summed E-state index contributed by atoms with van der Waals surface area (Å²) in [5, 5.41) is 12.7. The minimum atomic E-state index is -0.640. The van der Waals surface area contributed by atoms with Gasteiger partial charge in [-0.1, -0.05) is 25.4 Å². The summed E-state index contributed by atoms with van der Waals surface area (Å²) in [4.78, 5) is 11.6. The zero-order valence-electron chi connectivity index (χ0n) is 10.7. The molecule has 1 amide bonds. The van der Waals surface area contributed by atoms with E-state index in [4.69, 9.17) is 16.3 Å². The molecule has 0 aliphatic rings. The van der Waals surface area contributed by atoms with Gasteiger partial charge in [0.25, 0.3) is 0 Å². The van der Waals surface area contributed by atoms with Crippen LogP contribution in [0.5, 0.6) is 5.75 Å². The van der Waals surface area contributed by atoms with Gasteiger partial charge in [-0.3, -0.25) is 4.79 Å². The maximum atomic E-state index is 11.6. The molecule has 1 atom stereocenters. The Balaban J connectivity index is 2.62. The fourth-order valence-electron chi connectivity index (χ4n) is 1.38. The number of carbonyl (C=O) groups excluding carboxylic acids is 1. The summed E-state index contributed by atoms with van der Waals surface area (Å²) in [6.45, 7) is 3.73. The Bertz CT molecular complexity index is 421. The van der Waals surface area contributed by atoms with E-state index in [0.717, 1.165) is 0 Å². The van der Waals surface area contributed by atoms with Crippen LogP contribution in [0.4, 0.5) is 5.69 Å². The Kier molecular flexibility index (Phi) is 5.44. The highest BCUT2D eigenvalue weighted by molar-refractivity contribution is 6.32. The van der Waals surface area contributed by atoms with E-state index in [9.17, 15) is 9.90 Å². The second kappa shape index (κ2) is 6.61. The molecule has 0 aliphatic heterocycles. The number of ether oxygens (including phenoxy) is 1. The maximum Gasteiger partial charge on any atom is 0.226 e. The third-order valence-electron chi connectivity index (χ3n) is 2.60. The molecule has 0 aliphatic carbocycles. The maximum absolute atomic E-state index is 11.6. The fraction of sp³-hybridized carbons (Fsp3) is 0.462. The highest BCUT2D eigenvalue weighted by Gasteiger charge is 2.14. The first-order chi connectivity index (χ1) is 8.43. The molecule has 1 aromatic carbocycles. The second-order valence-corrected chi connectivity index (χ2v) is 4.82. The van der Waals surface area contributed by atoms with E-state index < -0.39 is 6.10 Å². The molecule has 1 rings (SSSR count). The lowest BCUT2D eigenvalue weighted by molar-refractivity contribution is -0.118. The number of anilines is 1. The van der Waals surface area contributed by atoms with Gasteiger partial charge in [0.2, 0.25) is 5.91 Å². The van der Waals surface area contributed by atoms with Crippen LogP contribution in [0.25, 0.3) is 0 Å². The highest BCUT2D eigenvalue weighted by Crippen LogP contribution is 2.27. The predicted molar refractivity (Wildman–Crippen MR) is 72.1 cm³/mol. The van der Waals surface area contributed by atoms with Gasteiger partial charge in [-0.2, -0.15) is 0 Å². The summed E-state index contributed by atoms with van der Waals surface area (Å²) >= 11 is 5.94. The van der Waals surface area contributed by atoms with E-state index in [1.54, 1.807) is 18.2 Å². The van der Waals surface area contributed by atoms with Crippen molar-refractivity contribution in [3.05, 3.63) is 23.2 Å². The molecule has 0 saturated heterocycles. The first-order valence-electron chi connectivity index (χ1n) is 5.75. The third-order valence-corrected chi connectivity index (χ3v) is 2.90. The van der Waals surface area contributed by atoms with Crippen LogP contribution in [-0.2, 0) is 4.79 Å². The summed E-state index contributed by atoms with van der Waals surface area (Å²) in [7, 11) is 1.53. The van der Waals surface area contributed by atoms with Crippen molar-refractivity contribution in [2.24, 2.45) is 5.92 Å². The smallest absolute Gasteiger partial charge is 0.226 e. The zero-order valence-corrected chi connectivity index (χ0v) is 11.5. The summed E-state index contributed by atoms with van der Waals surface area (Å²) in [5.41, 5.74) is 0.585. The van der Waals surface area contributed by atoms with Crippen molar-refractivity contribution in [2.45, 2.75) is 26.4 Å². The van der Waals surface area contributed by atoms with Crippen molar-refractivity contribution in [2.75, 3.05) is 12.4 Å². The first kappa shape index (κ1) is 14.8. The van der Waals surface area contributed by atoms with E-state index in [-0.39, 0.29) is 18.2 Å². The van der Waals surface area contributed by atoms with Crippen molar-refractivity contribution in [1.29, 1.82) is 0 Å². The summed E-state index contributed by atoms with van der Waals surface area (Å²) in [6, 6.07) is 4.99. The lowest BCUT2D eigenvalue weighted by atomic mass is 10.0. The summed E-state index contributed by atoms with van der Waals surface area (Å²) in [6.07, 6.45) is -0.569. The fourth-order valence-corrected chi connectivity index (χ4v) is 1.64. The molecule has 0 radical (unpaired) electrons. The minimum absolute atomic E-state index is 0.0511. The molecule has 0 fully saturated rings. The normalized spacial score (nSPS) is 12.3. The van der Waals surface area contributed by atoms with Crippen LogP contribution in [0, 0.1) is 5.92 Å². The Morgan fingerprint density at radius 3 is 2.67 bits per heavy atom. The predicted octanol–water partition coefficient (Wildman–Crippen LogP) is 2.69. The van der Waals surface area contributed by atoms with Crippen LogP contribution in [0.2, 0.25) is 5.02 Å². The molecule has 4 nitrogen and oxygen atoms in total. The molecule has 1 aromatic rings. The van der Waals surface area contributed by atoms with Crippen LogP contribution >= 0.6 is 11.6 Å². The first-order valence-corrected chi connectivity index (χ1v) is 6.13. The Labute approximate surface area is 112 Å². The molecule has 0 spiro atoms. The standard InChI is InChI=1S/C13H18ClNO3/c1-8(2)11(16)7-13(17)15-9-4-5-12(18-3)10(14)6-9/h4-6,8,11,16H,7H2,1-3H3,(H,15,17). The average molecular weight is 272 g/mol. The SMILES string of the molecule is COc1ccc(NC(=O)CC(O)C(C)C)cc1Cl. The zero-order chi connectivity index (χ0) is 13.7. The lowest BCUT2D eigenvalue weighted by Crippen LogP contribution is -2.23. The number of nitrogens with one attached hydrogen (secondary N) is 1. The van der Waals surface area contributed by atoms with E-state index in [1.165, 1.54) is 7.11 Å². The molecule has 0 heterocycles. The molecule has 1 unspecified atom stereocenters. The molecular formula is C13H18ClNO3. The van der Waals surface area contributed by atoms with Crippen LogP contribution < -0.4 is 10.1 Å². The van der Waals surface area contributed by atoms with Gasteiger partial charge in [0.05, 0.1) is 24.7 Å². The second-order valence-electron chi connectivity index (χ2n) is 4.41. The van der Waals surface area contributed by atoms with Crippen molar-refractivity contribution >= 4 is 23.2 Å². The van der Waals surface area contributed by atoms with Gasteiger partial charge in [-0.25, -0.2) is 0 Å². The molecule has 0 bridgehead atoms. The van der Waals surface area contributed by atoms with Crippen molar-refractivity contribution in [3.8, 4) is 5.75 Å². The summed E-state index contributed by atoms with van der Waals surface area (Å²) < 4.78 is 5.02. The van der Waals surface area contributed by atoms with Gasteiger partial charge in [0, 0.05) is 5.69 Å². The largest absolute Gasteiger partial charge is 0.495 e. The van der Waals surface area contributed by atoms with Gasteiger partial charge in [0.1, 0.15) is 5.75 Å². The van der Waals surface area contributed by atoms with Crippen LogP contribution in [0.1, 0.15) is 20.3 Å². The molecular weight excluding hydrogens is 254 g/mol. The van der Waals surface area contributed by atoms with Crippen molar-refractivity contribution < 1.29 is 14.6 Å². The summed E-state index contributed by atoms with van der Waals surface area (Å²) in [5.74, 6) is 0.365. The molecule has 0 aromatic heterocycles. The Morgan fingerprint density at radius 1 is 1.50 bits per heavy atom. The number of benzene rings is 1. The number of amides is 1. The minimum Gasteiger partial charge on any atom is -0.495 e. The average Bonchev–Trinajstić information content (AvgIpc) is 2.28. The van der Waals surface area contributed by atoms with E-state index in [0.29, 0.717) is 16.5 Å². The number of halogens is 1. The monoisotopic (exact) mass is 271 g/mol. The molecule has 0 saturated carbocycles. The van der Waals surface area contributed by atoms with Crippen LogP contribution in [0.3, 0.4) is 0 Å². The number of aliphatic hydroxyl groups is 1. The third kappa shape index (κ3) is 4.20. The molecule has 18 heavy (non-hydrogen) atoms. The Hall–Kier alpha value is -1.26. The number of hydrogen-bond donors (Lipinski definition) is 2. The van der Waals surface area contributed by atoms with Crippen LogP contribution in [-0.4, -0.2) is 24.2 Å². The van der Waals surface area contributed by atoms with Crippen LogP contribution in [0.15, 0.2) is 18.2 Å². The van der Waals surface area contributed by atoms with Gasteiger partial charge in [-0.05, 0) is 24.1 Å². The Morgan fingerprint density at radius 2 is 2.17 bits per heavy atom. The van der Waals surface area contributed by atoms with Gasteiger partial charge in [0.15, 0.2) is 0 Å². The van der Waals surface area contributed by atoms with E-state index >= 15 is 0 Å². The van der Waals surface area contributed by atoms with E-state index in [2.05, 4.69) is 5.32 Å². The van der Waals surface area contributed by atoms with Gasteiger partial charge >= 0.3 is 0 Å². The number of carbonyl (C=O) groups is 1. The van der Waals surface area contributed by atoms with E-state index in [1.807, 2.05) is 13.8 Å². The van der Waals surface area contributed by atoms with Crippen molar-refractivity contribution in [1.82, 2.24) is 0 Å². The lowest BCUT2D eigenvalue weighted by Gasteiger charge is -2.14. The number of aliphatic hydroxyl groups excluding tert-OH is 1. The van der Waals surface area contributed by atoms with Gasteiger partial charge < -0.3 is 15.2 Å². The van der Waals surface area contributed by atoms with Crippen molar-refractivity contribution in [3.63, 3.8) is 0 Å². The quantitative estimate of drug-likeness (QED) is 0.866. The number of methoxy groups -OCH3 is 1. The molecule has 5 heteroatoms. The topological polar surface area (TPSA) is 58.6 Å². The van der Waals surface area contributed by atoms with Gasteiger partial charge in [-0.15, -0.1) is 0 Å². The molecule has 2 N–H and O–H groups in total.